The van der Waals surface area contributed by atoms with E-state index >= 15 is 0 Å². The largest absolute Gasteiger partial charge is 0.354 e. The molecule has 1 fully saturated rings. The molecule has 1 aliphatic carbocycles. The molecule has 0 radical (unpaired) electrons. The van der Waals surface area contributed by atoms with Gasteiger partial charge in [-0.1, -0.05) is 48.3 Å². The summed E-state index contributed by atoms with van der Waals surface area (Å²) in [5.41, 5.74) is 2.96. The maximum Gasteiger partial charge on any atom is 0.259 e. The summed E-state index contributed by atoms with van der Waals surface area (Å²) < 4.78 is 5.32. The number of carbonyl (C=O) groups is 2. The van der Waals surface area contributed by atoms with E-state index in [0.29, 0.717) is 41.1 Å². The number of nitrogens with one attached hydrogen (secondary N) is 2. The molecule has 0 spiro atoms. The van der Waals surface area contributed by atoms with E-state index < -0.39 is 0 Å². The van der Waals surface area contributed by atoms with Gasteiger partial charge in [-0.2, -0.15) is 0 Å². The van der Waals surface area contributed by atoms with Crippen molar-refractivity contribution in [2.75, 3.05) is 13.1 Å². The van der Waals surface area contributed by atoms with Gasteiger partial charge in [-0.05, 0) is 25.8 Å². The fourth-order valence-electron chi connectivity index (χ4n) is 3.82. The maximum absolute atomic E-state index is 12.9. The van der Waals surface area contributed by atoms with E-state index in [1.54, 1.807) is 13.0 Å². The molecule has 2 N–H and O–H groups in total. The van der Waals surface area contributed by atoms with Crippen molar-refractivity contribution in [3.8, 4) is 11.3 Å². The third kappa shape index (κ3) is 4.13. The lowest BCUT2D eigenvalue weighted by Gasteiger charge is -2.11. The number of hydrogen-bond donors (Lipinski definition) is 2. The molecule has 1 saturated carbocycles. The third-order valence-corrected chi connectivity index (χ3v) is 5.37. The van der Waals surface area contributed by atoms with Gasteiger partial charge in [-0.15, -0.1) is 0 Å². The van der Waals surface area contributed by atoms with Crippen LogP contribution in [0, 0.1) is 12.8 Å². The van der Waals surface area contributed by atoms with Gasteiger partial charge in [0.05, 0.1) is 22.3 Å². The topological polar surface area (TPSA) is 97.1 Å². The van der Waals surface area contributed by atoms with Crippen molar-refractivity contribution in [3.63, 3.8) is 0 Å². The van der Waals surface area contributed by atoms with E-state index in [1.807, 2.05) is 30.3 Å². The molecule has 0 bridgehead atoms. The molecule has 0 atom stereocenters. The number of hydrogen-bond acceptors (Lipinski definition) is 5. The van der Waals surface area contributed by atoms with Gasteiger partial charge in [0.2, 0.25) is 5.91 Å². The first-order valence-corrected chi connectivity index (χ1v) is 10.0. The van der Waals surface area contributed by atoms with Gasteiger partial charge in [0.25, 0.3) is 11.6 Å². The van der Waals surface area contributed by atoms with E-state index in [0.717, 1.165) is 31.2 Å². The number of carbonyl (C=O) groups excluding carboxylic acids is 2. The second-order valence-electron chi connectivity index (χ2n) is 7.40. The smallest absolute Gasteiger partial charge is 0.259 e. The normalized spacial score (nSPS) is 14.2. The molecule has 150 valence electrons. The Morgan fingerprint density at radius 2 is 1.83 bits per heavy atom. The zero-order valence-corrected chi connectivity index (χ0v) is 16.4. The van der Waals surface area contributed by atoms with Crippen molar-refractivity contribution in [3.05, 3.63) is 47.7 Å². The van der Waals surface area contributed by atoms with Crippen molar-refractivity contribution in [2.24, 2.45) is 5.92 Å². The minimum absolute atomic E-state index is 0.0873. The molecule has 2 heterocycles. The van der Waals surface area contributed by atoms with Crippen LogP contribution in [0.4, 0.5) is 0 Å². The van der Waals surface area contributed by atoms with Crippen molar-refractivity contribution < 1.29 is 14.1 Å². The minimum atomic E-state index is -0.240. The Bertz CT molecular complexity index is 1020. The third-order valence-electron chi connectivity index (χ3n) is 5.37. The Hall–Kier alpha value is -3.22. The average molecular weight is 392 g/mol. The van der Waals surface area contributed by atoms with Gasteiger partial charge in [-0.3, -0.25) is 9.59 Å². The van der Waals surface area contributed by atoms with Crippen LogP contribution >= 0.6 is 0 Å². The summed E-state index contributed by atoms with van der Waals surface area (Å²) >= 11 is 0. The van der Waals surface area contributed by atoms with Gasteiger partial charge < -0.3 is 15.2 Å². The summed E-state index contributed by atoms with van der Waals surface area (Å²) in [5.74, 6) is -0.0288. The number of nitrogens with zero attached hydrogens (tertiary/aromatic N) is 2. The summed E-state index contributed by atoms with van der Waals surface area (Å²) in [5, 5.41) is 10.4. The first-order valence-electron chi connectivity index (χ1n) is 10.0. The predicted molar refractivity (Wildman–Crippen MR) is 109 cm³/mol. The molecule has 1 aliphatic rings. The molecular weight excluding hydrogens is 368 g/mol. The number of rotatable bonds is 6. The second kappa shape index (κ2) is 8.43. The van der Waals surface area contributed by atoms with E-state index in [-0.39, 0.29) is 17.7 Å². The van der Waals surface area contributed by atoms with Gasteiger partial charge in [0.15, 0.2) is 0 Å². The molecule has 2 aromatic heterocycles. The quantitative estimate of drug-likeness (QED) is 0.628. The van der Waals surface area contributed by atoms with Crippen LogP contribution in [-0.4, -0.2) is 35.0 Å². The minimum Gasteiger partial charge on any atom is -0.354 e. The van der Waals surface area contributed by atoms with Crippen LogP contribution in [-0.2, 0) is 4.79 Å². The second-order valence-corrected chi connectivity index (χ2v) is 7.40. The van der Waals surface area contributed by atoms with Gasteiger partial charge in [0, 0.05) is 24.6 Å². The number of fused-ring (bicyclic) bond motifs is 1. The predicted octanol–water partition coefficient (Wildman–Crippen LogP) is 3.23. The molecule has 3 aromatic rings. The van der Waals surface area contributed by atoms with E-state index in [2.05, 4.69) is 20.8 Å². The zero-order chi connectivity index (χ0) is 20.2. The Morgan fingerprint density at radius 3 is 2.59 bits per heavy atom. The summed E-state index contributed by atoms with van der Waals surface area (Å²) in [6, 6.07) is 11.4. The molecule has 0 unspecified atom stereocenters. The van der Waals surface area contributed by atoms with Crippen LogP contribution in [0.2, 0.25) is 0 Å². The molecule has 7 nitrogen and oxygen atoms in total. The van der Waals surface area contributed by atoms with Crippen LogP contribution in [0.3, 0.4) is 0 Å². The highest BCUT2D eigenvalue weighted by molar-refractivity contribution is 6.07. The van der Waals surface area contributed by atoms with Gasteiger partial charge in [0.1, 0.15) is 0 Å². The number of aryl methyl sites for hydroxylation is 1. The van der Waals surface area contributed by atoms with Crippen LogP contribution < -0.4 is 10.6 Å². The Morgan fingerprint density at radius 1 is 1.10 bits per heavy atom. The van der Waals surface area contributed by atoms with Crippen molar-refractivity contribution in [2.45, 2.75) is 32.6 Å². The average Bonchev–Trinajstić information content (AvgIpc) is 3.41. The van der Waals surface area contributed by atoms with Crippen molar-refractivity contribution in [1.82, 2.24) is 20.8 Å². The fourth-order valence-corrected chi connectivity index (χ4v) is 3.82. The van der Waals surface area contributed by atoms with E-state index in [4.69, 9.17) is 4.52 Å². The monoisotopic (exact) mass is 392 g/mol. The number of pyridine rings is 1. The SMILES string of the molecule is Cc1noc2nc(-c3ccccc3)cc(C(=O)NCCNC(=O)C3CCCC3)c12. The Kier molecular flexibility index (Phi) is 5.55. The highest BCUT2D eigenvalue weighted by atomic mass is 16.5. The molecule has 29 heavy (non-hydrogen) atoms. The summed E-state index contributed by atoms with van der Waals surface area (Å²) in [4.78, 5) is 29.5. The lowest BCUT2D eigenvalue weighted by molar-refractivity contribution is -0.124. The molecule has 0 aliphatic heterocycles. The maximum atomic E-state index is 12.9. The van der Waals surface area contributed by atoms with Crippen LogP contribution in [0.25, 0.3) is 22.4 Å². The highest BCUT2D eigenvalue weighted by Crippen LogP contribution is 2.27. The number of aromatic nitrogens is 2. The highest BCUT2D eigenvalue weighted by Gasteiger charge is 2.22. The fraction of sp³-hybridized carbons (Fsp3) is 0.364. The number of amides is 2. The van der Waals surface area contributed by atoms with Crippen LogP contribution in [0.15, 0.2) is 40.9 Å². The summed E-state index contributed by atoms with van der Waals surface area (Å²) in [7, 11) is 0. The van der Waals surface area contributed by atoms with Crippen LogP contribution in [0.1, 0.15) is 41.7 Å². The number of benzene rings is 1. The lowest BCUT2D eigenvalue weighted by atomic mass is 10.1. The molecule has 0 saturated heterocycles. The lowest BCUT2D eigenvalue weighted by Crippen LogP contribution is -2.37. The van der Waals surface area contributed by atoms with E-state index in [1.165, 1.54) is 0 Å². The molecule has 2 amide bonds. The molecular formula is C22H24N4O3. The van der Waals surface area contributed by atoms with Gasteiger partial charge in [-0.25, -0.2) is 4.98 Å². The van der Waals surface area contributed by atoms with Crippen molar-refractivity contribution >= 4 is 22.9 Å². The molecule has 4 rings (SSSR count). The summed E-state index contributed by atoms with van der Waals surface area (Å²) in [6.07, 6.45) is 4.16. The zero-order valence-electron chi connectivity index (χ0n) is 16.4. The van der Waals surface area contributed by atoms with E-state index in [9.17, 15) is 9.59 Å². The van der Waals surface area contributed by atoms with Crippen LogP contribution in [0.5, 0.6) is 0 Å². The summed E-state index contributed by atoms with van der Waals surface area (Å²) in [6.45, 7) is 2.55. The first kappa shape index (κ1) is 19.1. The Balaban J connectivity index is 1.47. The standard InChI is InChI=1S/C22H24N4O3/c1-14-19-17(21(28)24-12-11-23-20(27)16-9-5-6-10-16)13-18(25-22(19)29-26-14)15-7-3-2-4-8-15/h2-4,7-8,13,16H,5-6,9-12H2,1H3,(H,23,27)(H,24,28). The Labute approximate surface area is 168 Å². The molecule has 7 heteroatoms. The first-order chi connectivity index (χ1) is 14.1. The van der Waals surface area contributed by atoms with Crippen molar-refractivity contribution in [1.29, 1.82) is 0 Å². The van der Waals surface area contributed by atoms with Gasteiger partial charge >= 0.3 is 0 Å². The molecule has 1 aromatic carbocycles.